The Hall–Kier alpha value is -2.21. The first-order chi connectivity index (χ1) is 9.76. The molecule has 0 aliphatic rings. The monoisotopic (exact) mass is 286 g/mol. The first-order valence-corrected chi connectivity index (χ1v) is 7.18. The number of nitrogens with two attached hydrogens (primary N) is 1. The molecule has 3 heterocycles. The number of aromatic nitrogens is 3. The predicted octanol–water partition coefficient (Wildman–Crippen LogP) is 2.93. The van der Waals surface area contributed by atoms with Gasteiger partial charge in [0.2, 0.25) is 0 Å². The van der Waals surface area contributed by atoms with Crippen molar-refractivity contribution >= 4 is 16.3 Å². The number of hydrogen-bond acceptors (Lipinski definition) is 6. The van der Waals surface area contributed by atoms with Crippen LogP contribution in [0.1, 0.15) is 23.2 Å². The molecule has 6 heteroatoms. The topological polar surface area (TPSA) is 77.8 Å². The molecule has 5 nitrogen and oxygen atoms in total. The molecule has 0 atom stereocenters. The molecular formula is C14H14N4OS. The van der Waals surface area contributed by atoms with Crippen LogP contribution in [0.2, 0.25) is 0 Å². The maximum Gasteiger partial charge on any atom is 0.260 e. The Morgan fingerprint density at radius 1 is 1.40 bits per heavy atom. The van der Waals surface area contributed by atoms with Crippen molar-refractivity contribution in [2.45, 2.75) is 19.8 Å². The molecule has 0 saturated carbocycles. The summed E-state index contributed by atoms with van der Waals surface area (Å²) >= 11 is 1.56. The SMILES string of the molecule is CCc1cc(-c2nc(Cc3cccnc3)no2)c(N)s1. The van der Waals surface area contributed by atoms with Gasteiger partial charge in [-0.3, -0.25) is 4.98 Å². The van der Waals surface area contributed by atoms with Crippen molar-refractivity contribution in [3.8, 4) is 11.5 Å². The predicted molar refractivity (Wildman–Crippen MR) is 78.4 cm³/mol. The summed E-state index contributed by atoms with van der Waals surface area (Å²) in [6.45, 7) is 2.09. The minimum atomic E-state index is 0.484. The summed E-state index contributed by atoms with van der Waals surface area (Å²) in [4.78, 5) is 9.69. The van der Waals surface area contributed by atoms with Gasteiger partial charge < -0.3 is 10.3 Å². The van der Waals surface area contributed by atoms with Gasteiger partial charge in [-0.1, -0.05) is 18.1 Å². The molecule has 0 spiro atoms. The van der Waals surface area contributed by atoms with Gasteiger partial charge in [0.25, 0.3) is 5.89 Å². The minimum absolute atomic E-state index is 0.484. The Balaban J connectivity index is 1.84. The van der Waals surface area contributed by atoms with E-state index in [9.17, 15) is 0 Å². The first kappa shape index (κ1) is 12.8. The number of thiophene rings is 1. The van der Waals surface area contributed by atoms with E-state index in [0.29, 0.717) is 18.1 Å². The van der Waals surface area contributed by atoms with Crippen LogP contribution in [0.4, 0.5) is 5.00 Å². The molecule has 2 N–H and O–H groups in total. The van der Waals surface area contributed by atoms with E-state index >= 15 is 0 Å². The quantitative estimate of drug-likeness (QED) is 0.797. The molecule has 0 bridgehead atoms. The Bertz CT molecular complexity index is 705. The van der Waals surface area contributed by atoms with Crippen LogP contribution < -0.4 is 5.73 Å². The van der Waals surface area contributed by atoms with E-state index in [0.717, 1.165) is 22.5 Å². The highest BCUT2D eigenvalue weighted by atomic mass is 32.1. The normalized spacial score (nSPS) is 10.8. The van der Waals surface area contributed by atoms with Crippen LogP contribution in [0.25, 0.3) is 11.5 Å². The van der Waals surface area contributed by atoms with Crippen LogP contribution in [-0.2, 0) is 12.8 Å². The van der Waals surface area contributed by atoms with Gasteiger partial charge in [0, 0.05) is 23.7 Å². The Labute approximate surface area is 120 Å². The number of aryl methyl sites for hydroxylation is 1. The molecule has 0 saturated heterocycles. The molecule has 0 aliphatic heterocycles. The summed E-state index contributed by atoms with van der Waals surface area (Å²) in [5.74, 6) is 1.12. The number of hydrogen-bond donors (Lipinski definition) is 1. The van der Waals surface area contributed by atoms with Gasteiger partial charge in [-0.25, -0.2) is 0 Å². The van der Waals surface area contributed by atoms with E-state index in [1.807, 2.05) is 18.2 Å². The van der Waals surface area contributed by atoms with Crippen LogP contribution in [0, 0.1) is 0 Å². The molecule has 3 aromatic heterocycles. The largest absolute Gasteiger partial charge is 0.390 e. The number of rotatable bonds is 4. The van der Waals surface area contributed by atoms with E-state index in [1.165, 1.54) is 4.88 Å². The maximum absolute atomic E-state index is 5.99. The van der Waals surface area contributed by atoms with Gasteiger partial charge in [-0.2, -0.15) is 4.98 Å². The number of nitrogen functional groups attached to an aromatic ring is 1. The van der Waals surface area contributed by atoms with Crippen molar-refractivity contribution in [2.24, 2.45) is 0 Å². The molecule has 3 aromatic rings. The highest BCUT2D eigenvalue weighted by Crippen LogP contribution is 2.33. The Morgan fingerprint density at radius 2 is 2.30 bits per heavy atom. The number of nitrogens with zero attached hydrogens (tertiary/aromatic N) is 3. The standard InChI is InChI=1S/C14H14N4OS/c1-2-10-7-11(13(15)20-10)14-17-12(18-19-14)6-9-4-3-5-16-8-9/h3-5,7-8H,2,6,15H2,1H3. The second-order valence-electron chi connectivity index (χ2n) is 4.40. The summed E-state index contributed by atoms with van der Waals surface area (Å²) < 4.78 is 5.31. The van der Waals surface area contributed by atoms with Crippen molar-refractivity contribution in [3.05, 3.63) is 46.9 Å². The van der Waals surface area contributed by atoms with Gasteiger partial charge in [-0.05, 0) is 24.1 Å². The molecule has 0 aromatic carbocycles. The zero-order valence-electron chi connectivity index (χ0n) is 11.0. The number of pyridine rings is 1. The van der Waals surface area contributed by atoms with E-state index in [2.05, 4.69) is 22.0 Å². The van der Waals surface area contributed by atoms with Crippen molar-refractivity contribution in [1.82, 2.24) is 15.1 Å². The van der Waals surface area contributed by atoms with Gasteiger partial charge in [0.15, 0.2) is 5.82 Å². The molecule has 0 aliphatic carbocycles. The summed E-state index contributed by atoms with van der Waals surface area (Å²) in [6, 6.07) is 5.89. The fourth-order valence-corrected chi connectivity index (χ4v) is 2.78. The minimum Gasteiger partial charge on any atom is -0.390 e. The van der Waals surface area contributed by atoms with Crippen molar-refractivity contribution in [2.75, 3.05) is 5.73 Å². The van der Waals surface area contributed by atoms with E-state index in [-0.39, 0.29) is 0 Å². The van der Waals surface area contributed by atoms with Gasteiger partial charge in [-0.15, -0.1) is 11.3 Å². The highest BCUT2D eigenvalue weighted by Gasteiger charge is 2.15. The average molecular weight is 286 g/mol. The maximum atomic E-state index is 5.99. The van der Waals surface area contributed by atoms with Crippen molar-refractivity contribution in [1.29, 1.82) is 0 Å². The van der Waals surface area contributed by atoms with E-state index in [1.54, 1.807) is 23.7 Å². The molecule has 0 fully saturated rings. The molecule has 0 amide bonds. The molecule has 20 heavy (non-hydrogen) atoms. The van der Waals surface area contributed by atoms with Crippen LogP contribution in [0.15, 0.2) is 35.1 Å². The molecular weight excluding hydrogens is 272 g/mol. The average Bonchev–Trinajstić information content (AvgIpc) is 3.06. The van der Waals surface area contributed by atoms with Crippen LogP contribution >= 0.6 is 11.3 Å². The Morgan fingerprint density at radius 3 is 3.00 bits per heavy atom. The molecule has 0 radical (unpaired) electrons. The van der Waals surface area contributed by atoms with Crippen molar-refractivity contribution in [3.63, 3.8) is 0 Å². The highest BCUT2D eigenvalue weighted by molar-refractivity contribution is 7.16. The lowest BCUT2D eigenvalue weighted by Gasteiger charge is -1.93. The summed E-state index contributed by atoms with van der Waals surface area (Å²) in [5.41, 5.74) is 7.87. The second-order valence-corrected chi connectivity index (χ2v) is 5.57. The fourth-order valence-electron chi connectivity index (χ4n) is 1.92. The van der Waals surface area contributed by atoms with Crippen LogP contribution in [-0.4, -0.2) is 15.1 Å². The van der Waals surface area contributed by atoms with Crippen molar-refractivity contribution < 1.29 is 4.52 Å². The third-order valence-corrected chi connectivity index (χ3v) is 4.05. The zero-order chi connectivity index (χ0) is 13.9. The van der Waals surface area contributed by atoms with Gasteiger partial charge in [0.1, 0.15) is 0 Å². The van der Waals surface area contributed by atoms with Gasteiger partial charge >= 0.3 is 0 Å². The molecule has 0 unspecified atom stereocenters. The lowest BCUT2D eigenvalue weighted by atomic mass is 10.2. The van der Waals surface area contributed by atoms with Gasteiger partial charge in [0.05, 0.1) is 10.6 Å². The smallest absolute Gasteiger partial charge is 0.260 e. The summed E-state index contributed by atoms with van der Waals surface area (Å²) in [6.07, 6.45) is 5.08. The summed E-state index contributed by atoms with van der Waals surface area (Å²) in [5, 5.41) is 4.72. The van der Waals surface area contributed by atoms with E-state index < -0.39 is 0 Å². The van der Waals surface area contributed by atoms with E-state index in [4.69, 9.17) is 10.3 Å². The lowest BCUT2D eigenvalue weighted by molar-refractivity contribution is 0.424. The van der Waals surface area contributed by atoms with Crippen LogP contribution in [0.3, 0.4) is 0 Å². The Kier molecular flexibility index (Phi) is 3.47. The first-order valence-electron chi connectivity index (χ1n) is 6.36. The fraction of sp³-hybridized carbons (Fsp3) is 0.214. The zero-order valence-corrected chi connectivity index (χ0v) is 11.9. The summed E-state index contributed by atoms with van der Waals surface area (Å²) in [7, 11) is 0. The van der Waals surface area contributed by atoms with Crippen LogP contribution in [0.5, 0.6) is 0 Å². The number of anilines is 1. The third-order valence-electron chi connectivity index (χ3n) is 2.94. The molecule has 102 valence electrons. The third kappa shape index (κ3) is 2.55. The second kappa shape index (κ2) is 5.42. The molecule has 3 rings (SSSR count). The lowest BCUT2D eigenvalue weighted by Crippen LogP contribution is -1.91.